The van der Waals surface area contributed by atoms with E-state index in [9.17, 15) is 4.79 Å². The van der Waals surface area contributed by atoms with E-state index in [1.165, 1.54) is 6.33 Å². The van der Waals surface area contributed by atoms with Gasteiger partial charge in [0, 0.05) is 12.1 Å². The minimum absolute atomic E-state index is 0.0336. The highest BCUT2D eigenvalue weighted by atomic mass is 16.1. The normalized spacial score (nSPS) is 11.8. The SMILES string of the molecule is CCn1ncnc1CC(=O)CNC(C)(C)C. The second-order valence-electron chi connectivity index (χ2n) is 4.81. The molecule has 5 heteroatoms. The lowest BCUT2D eigenvalue weighted by molar-refractivity contribution is -0.118. The third kappa shape index (κ3) is 4.10. The van der Waals surface area contributed by atoms with Gasteiger partial charge in [0.15, 0.2) is 5.78 Å². The number of hydrogen-bond donors (Lipinski definition) is 1. The molecule has 0 fully saturated rings. The van der Waals surface area contributed by atoms with Gasteiger partial charge in [-0.25, -0.2) is 9.67 Å². The Hall–Kier alpha value is -1.23. The Labute approximate surface area is 96.3 Å². The number of nitrogens with zero attached hydrogens (tertiary/aromatic N) is 3. The molecule has 1 aromatic heterocycles. The fraction of sp³-hybridized carbons (Fsp3) is 0.727. The minimum atomic E-state index is -0.0336. The molecule has 0 aliphatic carbocycles. The molecule has 1 heterocycles. The first-order chi connectivity index (χ1) is 7.42. The second-order valence-corrected chi connectivity index (χ2v) is 4.81. The van der Waals surface area contributed by atoms with Gasteiger partial charge in [-0.1, -0.05) is 0 Å². The molecule has 0 saturated heterocycles. The number of carbonyl (C=O) groups is 1. The van der Waals surface area contributed by atoms with Gasteiger partial charge in [-0.3, -0.25) is 4.79 Å². The van der Waals surface area contributed by atoms with Gasteiger partial charge in [0.2, 0.25) is 0 Å². The van der Waals surface area contributed by atoms with Gasteiger partial charge in [0.1, 0.15) is 12.2 Å². The molecule has 90 valence electrons. The van der Waals surface area contributed by atoms with Crippen molar-refractivity contribution in [2.24, 2.45) is 0 Å². The Morgan fingerprint density at radius 2 is 2.19 bits per heavy atom. The van der Waals surface area contributed by atoms with E-state index in [2.05, 4.69) is 15.4 Å². The number of nitrogens with one attached hydrogen (secondary N) is 1. The van der Waals surface area contributed by atoms with Crippen LogP contribution in [0.3, 0.4) is 0 Å². The first-order valence-corrected chi connectivity index (χ1v) is 5.56. The van der Waals surface area contributed by atoms with Gasteiger partial charge in [0.25, 0.3) is 0 Å². The third-order valence-electron chi connectivity index (χ3n) is 2.17. The van der Waals surface area contributed by atoms with Crippen molar-refractivity contribution in [2.75, 3.05) is 6.54 Å². The summed E-state index contributed by atoms with van der Waals surface area (Å²) in [7, 11) is 0. The smallest absolute Gasteiger partial charge is 0.154 e. The van der Waals surface area contributed by atoms with Crippen molar-refractivity contribution in [3.63, 3.8) is 0 Å². The average Bonchev–Trinajstić information content (AvgIpc) is 2.61. The minimum Gasteiger partial charge on any atom is -0.305 e. The number of carbonyl (C=O) groups excluding carboxylic acids is 1. The maximum absolute atomic E-state index is 11.7. The van der Waals surface area contributed by atoms with E-state index >= 15 is 0 Å². The maximum Gasteiger partial charge on any atom is 0.154 e. The number of aromatic nitrogens is 3. The molecule has 0 unspecified atom stereocenters. The van der Waals surface area contributed by atoms with Crippen molar-refractivity contribution in [2.45, 2.75) is 46.2 Å². The molecule has 5 nitrogen and oxygen atoms in total. The predicted molar refractivity (Wildman–Crippen MR) is 62.2 cm³/mol. The zero-order valence-corrected chi connectivity index (χ0v) is 10.4. The van der Waals surface area contributed by atoms with E-state index in [-0.39, 0.29) is 11.3 Å². The van der Waals surface area contributed by atoms with Gasteiger partial charge in [-0.05, 0) is 27.7 Å². The number of hydrogen-bond acceptors (Lipinski definition) is 4. The quantitative estimate of drug-likeness (QED) is 0.803. The van der Waals surface area contributed by atoms with Crippen LogP contribution < -0.4 is 5.32 Å². The Bertz CT molecular complexity index is 351. The summed E-state index contributed by atoms with van der Waals surface area (Å²) in [5, 5.41) is 7.19. The Morgan fingerprint density at radius 1 is 1.50 bits per heavy atom. The van der Waals surface area contributed by atoms with Crippen LogP contribution in [0.5, 0.6) is 0 Å². The number of rotatable bonds is 5. The van der Waals surface area contributed by atoms with Crippen LogP contribution in [0, 0.1) is 0 Å². The summed E-state index contributed by atoms with van der Waals surface area (Å²) in [6.07, 6.45) is 1.83. The lowest BCUT2D eigenvalue weighted by Gasteiger charge is -2.19. The maximum atomic E-state index is 11.7. The summed E-state index contributed by atoms with van der Waals surface area (Å²) < 4.78 is 1.75. The highest BCUT2D eigenvalue weighted by Crippen LogP contribution is 1.99. The van der Waals surface area contributed by atoms with Crippen molar-refractivity contribution in [3.05, 3.63) is 12.2 Å². The molecule has 16 heavy (non-hydrogen) atoms. The first-order valence-electron chi connectivity index (χ1n) is 5.56. The molecule has 0 atom stereocenters. The van der Waals surface area contributed by atoms with Crippen molar-refractivity contribution in [1.82, 2.24) is 20.1 Å². The van der Waals surface area contributed by atoms with Crippen LogP contribution in [-0.2, 0) is 17.8 Å². The summed E-state index contributed by atoms with van der Waals surface area (Å²) in [5.41, 5.74) is -0.0336. The van der Waals surface area contributed by atoms with Gasteiger partial charge in [0.05, 0.1) is 13.0 Å². The summed E-state index contributed by atoms with van der Waals surface area (Å²) >= 11 is 0. The molecular weight excluding hydrogens is 204 g/mol. The topological polar surface area (TPSA) is 59.8 Å². The number of aryl methyl sites for hydroxylation is 1. The lowest BCUT2D eigenvalue weighted by Crippen LogP contribution is -2.39. The number of ketones is 1. The molecule has 1 N–H and O–H groups in total. The summed E-state index contributed by atoms with van der Waals surface area (Å²) in [6, 6.07) is 0. The van der Waals surface area contributed by atoms with Crippen LogP contribution in [-0.4, -0.2) is 32.6 Å². The van der Waals surface area contributed by atoms with Gasteiger partial charge >= 0.3 is 0 Å². The predicted octanol–water partition coefficient (Wildman–Crippen LogP) is 0.798. The van der Waals surface area contributed by atoms with E-state index in [4.69, 9.17) is 0 Å². The van der Waals surface area contributed by atoms with Crippen LogP contribution in [0.4, 0.5) is 0 Å². The van der Waals surface area contributed by atoms with E-state index in [1.807, 2.05) is 27.7 Å². The van der Waals surface area contributed by atoms with Crippen LogP contribution >= 0.6 is 0 Å². The molecular formula is C11H20N4O. The molecule has 0 aliphatic heterocycles. The molecule has 1 aromatic rings. The lowest BCUT2D eigenvalue weighted by atomic mass is 10.1. The molecule has 0 saturated carbocycles. The van der Waals surface area contributed by atoms with Crippen LogP contribution in [0.2, 0.25) is 0 Å². The van der Waals surface area contributed by atoms with E-state index in [0.717, 1.165) is 12.4 Å². The van der Waals surface area contributed by atoms with E-state index in [0.29, 0.717) is 13.0 Å². The van der Waals surface area contributed by atoms with Crippen LogP contribution in [0.15, 0.2) is 6.33 Å². The highest BCUT2D eigenvalue weighted by Gasteiger charge is 2.13. The molecule has 1 rings (SSSR count). The highest BCUT2D eigenvalue weighted by molar-refractivity contribution is 5.82. The second kappa shape index (κ2) is 5.21. The molecule has 0 aliphatic rings. The monoisotopic (exact) mass is 224 g/mol. The Morgan fingerprint density at radius 3 is 2.75 bits per heavy atom. The molecule has 0 aromatic carbocycles. The standard InChI is InChI=1S/C11H20N4O/c1-5-15-10(12-8-14-15)6-9(16)7-13-11(2,3)4/h8,13H,5-7H2,1-4H3. The van der Waals surface area contributed by atoms with Crippen molar-refractivity contribution < 1.29 is 4.79 Å². The van der Waals surface area contributed by atoms with Crippen LogP contribution in [0.1, 0.15) is 33.5 Å². The first kappa shape index (κ1) is 12.8. The molecule has 0 spiro atoms. The number of Topliss-reactive ketones (excluding diaryl/α,β-unsaturated/α-hetero) is 1. The molecule has 0 bridgehead atoms. The summed E-state index contributed by atoms with van der Waals surface area (Å²) in [6.45, 7) is 9.21. The van der Waals surface area contributed by atoms with Crippen molar-refractivity contribution in [1.29, 1.82) is 0 Å². The van der Waals surface area contributed by atoms with E-state index in [1.54, 1.807) is 4.68 Å². The zero-order valence-electron chi connectivity index (χ0n) is 10.4. The fourth-order valence-electron chi connectivity index (χ4n) is 1.29. The van der Waals surface area contributed by atoms with Crippen LogP contribution in [0.25, 0.3) is 0 Å². The Kier molecular flexibility index (Phi) is 4.18. The van der Waals surface area contributed by atoms with Crippen molar-refractivity contribution >= 4 is 5.78 Å². The van der Waals surface area contributed by atoms with E-state index < -0.39 is 0 Å². The average molecular weight is 224 g/mol. The third-order valence-corrected chi connectivity index (χ3v) is 2.17. The largest absolute Gasteiger partial charge is 0.305 e. The summed E-state index contributed by atoms with van der Waals surface area (Å²) in [4.78, 5) is 15.8. The van der Waals surface area contributed by atoms with Crippen molar-refractivity contribution in [3.8, 4) is 0 Å². The van der Waals surface area contributed by atoms with Gasteiger partial charge < -0.3 is 5.32 Å². The van der Waals surface area contributed by atoms with Gasteiger partial charge in [-0.2, -0.15) is 5.10 Å². The molecule has 0 amide bonds. The van der Waals surface area contributed by atoms with Gasteiger partial charge in [-0.15, -0.1) is 0 Å². The zero-order chi connectivity index (χ0) is 12.2. The summed E-state index contributed by atoms with van der Waals surface area (Å²) in [5.74, 6) is 0.876. The molecule has 0 radical (unpaired) electrons. The fourth-order valence-corrected chi connectivity index (χ4v) is 1.29. The Balaban J connectivity index is 2.46.